The maximum atomic E-state index is 12.2. The Bertz CT molecular complexity index is 495. The van der Waals surface area contributed by atoms with Gasteiger partial charge in [0.1, 0.15) is 11.6 Å². The molecule has 6 nitrogen and oxygen atoms in total. The summed E-state index contributed by atoms with van der Waals surface area (Å²) in [6, 6.07) is 5.21. The zero-order valence-electron chi connectivity index (χ0n) is 10.7. The molecule has 20 heavy (non-hydrogen) atoms. The van der Waals surface area contributed by atoms with Crippen LogP contribution in [0.5, 0.6) is 5.75 Å². The Hall–Kier alpha value is -2.38. The number of nitrogens with zero attached hydrogens (tertiary/aromatic N) is 1. The molecule has 0 aliphatic heterocycles. The van der Waals surface area contributed by atoms with Crippen LogP contribution in [0.2, 0.25) is 0 Å². The van der Waals surface area contributed by atoms with E-state index in [0.29, 0.717) is 0 Å². The molecule has 1 atom stereocenters. The third kappa shape index (κ3) is 4.71. The molecular formula is C12H15F2N3O3. The minimum atomic E-state index is -3.02. The maximum absolute atomic E-state index is 12.2. The molecule has 0 aliphatic carbocycles. The van der Waals surface area contributed by atoms with E-state index in [4.69, 9.17) is 10.9 Å². The third-order valence-corrected chi connectivity index (χ3v) is 2.37. The van der Waals surface area contributed by atoms with Gasteiger partial charge in [-0.3, -0.25) is 4.79 Å². The number of amidine groups is 1. The first-order valence-electron chi connectivity index (χ1n) is 5.75. The number of hydrogen-bond acceptors (Lipinski definition) is 4. The molecule has 0 spiro atoms. The highest BCUT2D eigenvalue weighted by Gasteiger charge is 2.17. The molecule has 0 bridgehead atoms. The Morgan fingerprint density at radius 2 is 2.15 bits per heavy atom. The van der Waals surface area contributed by atoms with Crippen LogP contribution in [0, 0.1) is 0 Å². The van der Waals surface area contributed by atoms with Crippen LogP contribution >= 0.6 is 0 Å². The van der Waals surface area contributed by atoms with Crippen molar-refractivity contribution in [2.75, 3.05) is 0 Å². The molecule has 0 radical (unpaired) electrons. The van der Waals surface area contributed by atoms with E-state index in [1.54, 1.807) is 6.92 Å². The lowest BCUT2D eigenvalue weighted by Gasteiger charge is -2.15. The average molecular weight is 287 g/mol. The van der Waals surface area contributed by atoms with Gasteiger partial charge in [-0.1, -0.05) is 17.3 Å². The lowest BCUT2D eigenvalue weighted by molar-refractivity contribution is -0.0501. The monoisotopic (exact) mass is 287 g/mol. The van der Waals surface area contributed by atoms with Crippen LogP contribution in [0.15, 0.2) is 29.4 Å². The van der Waals surface area contributed by atoms with Crippen LogP contribution in [0.3, 0.4) is 0 Å². The Balaban J connectivity index is 2.77. The third-order valence-electron chi connectivity index (χ3n) is 2.37. The highest BCUT2D eigenvalue weighted by atomic mass is 19.3. The second kappa shape index (κ2) is 7.27. The van der Waals surface area contributed by atoms with E-state index in [2.05, 4.69) is 15.2 Å². The first kappa shape index (κ1) is 15.7. The number of hydrogen-bond donors (Lipinski definition) is 3. The van der Waals surface area contributed by atoms with E-state index in [-0.39, 0.29) is 23.6 Å². The van der Waals surface area contributed by atoms with Crippen molar-refractivity contribution in [3.63, 3.8) is 0 Å². The van der Waals surface area contributed by atoms with Crippen LogP contribution < -0.4 is 15.8 Å². The first-order valence-corrected chi connectivity index (χ1v) is 5.75. The van der Waals surface area contributed by atoms with Crippen LogP contribution in [-0.4, -0.2) is 29.6 Å². The van der Waals surface area contributed by atoms with Gasteiger partial charge in [0, 0.05) is 12.5 Å². The second-order valence-corrected chi connectivity index (χ2v) is 4.04. The zero-order valence-corrected chi connectivity index (χ0v) is 10.7. The predicted octanol–water partition coefficient (Wildman–Crippen LogP) is 1.54. The molecule has 0 fully saturated rings. The van der Waals surface area contributed by atoms with Gasteiger partial charge in [-0.15, -0.1) is 0 Å². The van der Waals surface area contributed by atoms with Crippen molar-refractivity contribution in [2.24, 2.45) is 10.9 Å². The number of oxime groups is 1. The number of rotatable bonds is 6. The fourth-order valence-corrected chi connectivity index (χ4v) is 1.56. The van der Waals surface area contributed by atoms with E-state index in [1.807, 2.05) is 0 Å². The van der Waals surface area contributed by atoms with Crippen LogP contribution in [0.4, 0.5) is 8.78 Å². The molecule has 1 aromatic rings. The number of alkyl halides is 2. The fraction of sp³-hybridized carbons (Fsp3) is 0.333. The quantitative estimate of drug-likeness (QED) is 0.320. The van der Waals surface area contributed by atoms with Crippen molar-refractivity contribution in [1.29, 1.82) is 0 Å². The van der Waals surface area contributed by atoms with Gasteiger partial charge in [-0.25, -0.2) is 0 Å². The minimum Gasteiger partial charge on any atom is -0.434 e. The summed E-state index contributed by atoms with van der Waals surface area (Å²) in [5.74, 6) is -0.842. The highest BCUT2D eigenvalue weighted by molar-refractivity contribution is 5.97. The summed E-state index contributed by atoms with van der Waals surface area (Å²) in [6.07, 6.45) is 0.125. The van der Waals surface area contributed by atoms with E-state index in [1.165, 1.54) is 24.3 Å². The largest absolute Gasteiger partial charge is 0.434 e. The van der Waals surface area contributed by atoms with Crippen LogP contribution in [0.25, 0.3) is 0 Å². The van der Waals surface area contributed by atoms with Gasteiger partial charge in [0.15, 0.2) is 0 Å². The molecule has 110 valence electrons. The van der Waals surface area contributed by atoms with Crippen molar-refractivity contribution in [2.45, 2.75) is 26.0 Å². The molecule has 1 aromatic carbocycles. The number of halogens is 2. The number of benzene rings is 1. The van der Waals surface area contributed by atoms with Gasteiger partial charge in [0.2, 0.25) is 0 Å². The molecular weight excluding hydrogens is 272 g/mol. The Morgan fingerprint density at radius 1 is 1.50 bits per heavy atom. The predicted molar refractivity (Wildman–Crippen MR) is 68.0 cm³/mol. The van der Waals surface area contributed by atoms with Gasteiger partial charge >= 0.3 is 6.61 Å². The second-order valence-electron chi connectivity index (χ2n) is 4.04. The van der Waals surface area contributed by atoms with Gasteiger partial charge in [0.05, 0.1) is 5.56 Å². The number of carbonyl (C=O) groups is 1. The number of ether oxygens (including phenoxy) is 1. The first-order chi connectivity index (χ1) is 9.43. The molecule has 1 rings (SSSR count). The van der Waals surface area contributed by atoms with Crippen molar-refractivity contribution in [1.82, 2.24) is 5.32 Å². The molecule has 0 saturated carbocycles. The SMILES string of the molecule is CC(CC(N)=NO)NC(=O)c1ccccc1OC(F)F. The number of amides is 1. The maximum Gasteiger partial charge on any atom is 0.387 e. The van der Waals surface area contributed by atoms with Crippen LogP contribution in [-0.2, 0) is 0 Å². The molecule has 0 aromatic heterocycles. The number of para-hydroxylation sites is 1. The Morgan fingerprint density at radius 3 is 2.75 bits per heavy atom. The van der Waals surface area contributed by atoms with Gasteiger partial charge in [-0.05, 0) is 19.1 Å². The summed E-state index contributed by atoms with van der Waals surface area (Å²) in [4.78, 5) is 11.9. The molecule has 0 saturated heterocycles. The molecule has 0 aliphatic rings. The molecule has 8 heteroatoms. The normalized spacial score (nSPS) is 13.1. The van der Waals surface area contributed by atoms with E-state index >= 15 is 0 Å². The topological polar surface area (TPSA) is 96.9 Å². The number of nitrogens with one attached hydrogen (secondary N) is 1. The van der Waals surface area contributed by atoms with Gasteiger partial charge in [0.25, 0.3) is 5.91 Å². The van der Waals surface area contributed by atoms with E-state index in [9.17, 15) is 13.6 Å². The minimum absolute atomic E-state index is 0.0147. The van der Waals surface area contributed by atoms with E-state index in [0.717, 1.165) is 0 Å². The fourth-order valence-electron chi connectivity index (χ4n) is 1.56. The Labute approximate surface area is 114 Å². The molecule has 1 amide bonds. The summed E-state index contributed by atoms with van der Waals surface area (Å²) in [5.41, 5.74) is 5.29. The van der Waals surface area contributed by atoms with Gasteiger partial charge in [-0.2, -0.15) is 8.78 Å². The molecule has 0 heterocycles. The highest BCUT2D eigenvalue weighted by Crippen LogP contribution is 2.20. The van der Waals surface area contributed by atoms with E-state index < -0.39 is 18.6 Å². The van der Waals surface area contributed by atoms with Crippen molar-refractivity contribution in [3.05, 3.63) is 29.8 Å². The summed E-state index contributed by atoms with van der Waals surface area (Å²) in [6.45, 7) is -1.38. The van der Waals surface area contributed by atoms with Crippen molar-refractivity contribution < 1.29 is 23.5 Å². The van der Waals surface area contributed by atoms with Gasteiger partial charge < -0.3 is 21.0 Å². The smallest absolute Gasteiger partial charge is 0.387 e. The average Bonchev–Trinajstić information content (AvgIpc) is 2.38. The molecule has 1 unspecified atom stereocenters. The van der Waals surface area contributed by atoms with Crippen molar-refractivity contribution >= 4 is 11.7 Å². The lowest BCUT2D eigenvalue weighted by Crippen LogP contribution is -2.36. The number of carbonyl (C=O) groups excluding carboxylic acids is 1. The summed E-state index contributed by atoms with van der Waals surface area (Å²) < 4.78 is 28.7. The Kier molecular flexibility index (Phi) is 5.70. The summed E-state index contributed by atoms with van der Waals surface area (Å²) >= 11 is 0. The standard InChI is InChI=1S/C12H15F2N3O3/c1-7(6-10(15)17-19)16-11(18)8-4-2-3-5-9(8)20-12(13)14/h2-5,7,12,19H,6H2,1H3,(H2,15,17)(H,16,18). The van der Waals surface area contributed by atoms with Crippen LogP contribution in [0.1, 0.15) is 23.7 Å². The van der Waals surface area contributed by atoms with Crippen molar-refractivity contribution in [3.8, 4) is 5.75 Å². The zero-order chi connectivity index (χ0) is 15.1. The number of nitrogens with two attached hydrogens (primary N) is 1. The summed E-state index contributed by atoms with van der Waals surface area (Å²) in [5, 5.41) is 13.7. The summed E-state index contributed by atoms with van der Waals surface area (Å²) in [7, 11) is 0. The molecule has 4 N–H and O–H groups in total. The lowest BCUT2D eigenvalue weighted by atomic mass is 10.1.